The van der Waals surface area contributed by atoms with Gasteiger partial charge in [0, 0.05) is 18.3 Å². The van der Waals surface area contributed by atoms with Crippen molar-refractivity contribution in [1.82, 2.24) is 4.98 Å². The highest BCUT2D eigenvalue weighted by Gasteiger charge is 2.65. The first-order valence-electron chi connectivity index (χ1n) is 11.7. The second kappa shape index (κ2) is 7.46. The number of halogens is 1. The third kappa shape index (κ3) is 3.20. The van der Waals surface area contributed by atoms with Crippen LogP contribution >= 0.6 is 11.6 Å². The number of alkyl halides is 1. The molecule has 1 aromatic rings. The number of hydrogen-bond donors (Lipinski definition) is 2. The molecule has 162 valence electrons. The Bertz CT molecular complexity index is 854. The van der Waals surface area contributed by atoms with E-state index in [9.17, 15) is 10.2 Å². The van der Waals surface area contributed by atoms with Crippen molar-refractivity contribution in [1.29, 1.82) is 0 Å². The van der Waals surface area contributed by atoms with Crippen LogP contribution in [0.4, 0.5) is 0 Å². The van der Waals surface area contributed by atoms with Crippen molar-refractivity contribution in [2.24, 2.45) is 23.2 Å². The zero-order valence-electron chi connectivity index (χ0n) is 17.9. The van der Waals surface area contributed by atoms with Crippen molar-refractivity contribution in [2.45, 2.75) is 81.3 Å². The van der Waals surface area contributed by atoms with Crippen molar-refractivity contribution in [3.05, 3.63) is 47.8 Å². The van der Waals surface area contributed by atoms with Crippen molar-refractivity contribution in [3.63, 3.8) is 0 Å². The monoisotopic (exact) mass is 427 g/mol. The van der Waals surface area contributed by atoms with Crippen LogP contribution in [0.3, 0.4) is 0 Å². The van der Waals surface area contributed by atoms with Gasteiger partial charge in [0.2, 0.25) is 0 Å². The lowest BCUT2D eigenvalue weighted by Crippen LogP contribution is -2.62. The van der Waals surface area contributed by atoms with Crippen LogP contribution in [-0.4, -0.2) is 31.8 Å². The number of pyridine rings is 1. The Morgan fingerprint density at radius 2 is 2.00 bits per heavy atom. The van der Waals surface area contributed by atoms with Gasteiger partial charge in [0.05, 0.1) is 16.6 Å². The maximum absolute atomic E-state index is 12.2. The molecule has 4 aliphatic carbocycles. The Hall–Kier alpha value is -1.16. The van der Waals surface area contributed by atoms with E-state index < -0.39 is 10.5 Å². The molecule has 6 unspecified atom stereocenters. The second-order valence-electron chi connectivity index (χ2n) is 10.6. The number of hydrogen-bond acceptors (Lipinski definition) is 3. The van der Waals surface area contributed by atoms with E-state index in [4.69, 9.17) is 11.6 Å². The van der Waals surface area contributed by atoms with Crippen LogP contribution in [0.5, 0.6) is 0 Å². The van der Waals surface area contributed by atoms with Crippen LogP contribution in [0.15, 0.2) is 42.3 Å². The minimum absolute atomic E-state index is 0.0408. The van der Waals surface area contributed by atoms with Gasteiger partial charge in [-0.1, -0.05) is 31.2 Å². The molecule has 0 aliphatic heterocycles. The van der Waals surface area contributed by atoms with Gasteiger partial charge in [0.15, 0.2) is 0 Å². The maximum atomic E-state index is 12.2. The van der Waals surface area contributed by atoms with E-state index in [1.54, 1.807) is 6.20 Å². The van der Waals surface area contributed by atoms with Gasteiger partial charge in [-0.15, -0.1) is 11.6 Å². The zero-order chi connectivity index (χ0) is 21.0. The second-order valence-corrected chi connectivity index (χ2v) is 11.3. The molecular formula is C26H34ClNO2. The molecule has 4 heteroatoms. The fourth-order valence-electron chi connectivity index (χ4n) is 7.32. The van der Waals surface area contributed by atoms with Crippen molar-refractivity contribution < 1.29 is 10.2 Å². The molecule has 0 saturated heterocycles. The van der Waals surface area contributed by atoms with E-state index in [1.807, 2.05) is 12.3 Å². The van der Waals surface area contributed by atoms with E-state index in [-0.39, 0.29) is 17.4 Å². The molecule has 0 amide bonds. The molecular weight excluding hydrogens is 394 g/mol. The predicted octanol–water partition coefficient (Wildman–Crippen LogP) is 5.51. The summed E-state index contributed by atoms with van der Waals surface area (Å²) < 4.78 is 0. The number of nitrogens with zero attached hydrogens (tertiary/aromatic N) is 1. The van der Waals surface area contributed by atoms with Crippen molar-refractivity contribution in [2.75, 3.05) is 0 Å². The molecule has 0 spiro atoms. The Labute approximate surface area is 185 Å². The average molecular weight is 428 g/mol. The summed E-state index contributed by atoms with van der Waals surface area (Å²) in [6.45, 7) is 2.33. The summed E-state index contributed by atoms with van der Waals surface area (Å²) in [6.07, 6.45) is 18.4. The third-order valence-corrected chi connectivity index (χ3v) is 9.80. The van der Waals surface area contributed by atoms with Gasteiger partial charge in [-0.2, -0.15) is 0 Å². The van der Waals surface area contributed by atoms with Gasteiger partial charge < -0.3 is 10.2 Å². The lowest BCUT2D eigenvalue weighted by Gasteiger charge is -2.57. The van der Waals surface area contributed by atoms with Gasteiger partial charge in [-0.3, -0.25) is 4.98 Å². The molecule has 5 rings (SSSR count). The van der Waals surface area contributed by atoms with Crippen LogP contribution in [0.1, 0.15) is 70.3 Å². The highest BCUT2D eigenvalue weighted by atomic mass is 35.5. The first kappa shape index (κ1) is 20.7. The largest absolute Gasteiger partial charge is 0.393 e. The fourth-order valence-corrected chi connectivity index (χ4v) is 7.83. The van der Waals surface area contributed by atoms with Crippen LogP contribution in [0, 0.1) is 23.2 Å². The smallest absolute Gasteiger partial charge is 0.0878 e. The van der Waals surface area contributed by atoms with Crippen molar-refractivity contribution >= 4 is 17.7 Å². The van der Waals surface area contributed by atoms with Gasteiger partial charge in [-0.05, 0) is 92.2 Å². The van der Waals surface area contributed by atoms with Crippen LogP contribution in [0.25, 0.3) is 6.08 Å². The molecule has 1 aromatic heterocycles. The maximum Gasteiger partial charge on any atom is 0.0878 e. The Kier molecular flexibility index (Phi) is 5.16. The van der Waals surface area contributed by atoms with Gasteiger partial charge in [0.25, 0.3) is 0 Å². The summed E-state index contributed by atoms with van der Waals surface area (Å²) >= 11 is 7.36. The molecule has 1 heterocycles. The number of allylic oxidation sites excluding steroid dienone is 3. The summed E-state index contributed by atoms with van der Waals surface area (Å²) in [5.74, 6) is 1.21. The first-order chi connectivity index (χ1) is 14.3. The molecule has 4 aliphatic rings. The number of fused-ring (bicyclic) bond motifs is 4. The molecule has 7 atom stereocenters. The molecule has 0 radical (unpaired) electrons. The topological polar surface area (TPSA) is 53.4 Å². The third-order valence-electron chi connectivity index (χ3n) is 9.13. The van der Waals surface area contributed by atoms with Gasteiger partial charge >= 0.3 is 0 Å². The molecule has 2 N–H and O–H groups in total. The molecule has 3 nitrogen and oxygen atoms in total. The molecule has 0 aromatic carbocycles. The predicted molar refractivity (Wildman–Crippen MR) is 121 cm³/mol. The van der Waals surface area contributed by atoms with E-state index in [0.29, 0.717) is 11.8 Å². The van der Waals surface area contributed by atoms with E-state index in [2.05, 4.69) is 36.2 Å². The molecule has 3 fully saturated rings. The van der Waals surface area contributed by atoms with E-state index in [1.165, 1.54) is 5.57 Å². The number of aliphatic hydroxyl groups is 2. The van der Waals surface area contributed by atoms with Gasteiger partial charge in [0.1, 0.15) is 0 Å². The Balaban J connectivity index is 1.42. The summed E-state index contributed by atoms with van der Waals surface area (Å²) in [5.41, 5.74) is 1.55. The van der Waals surface area contributed by atoms with Crippen molar-refractivity contribution in [3.8, 4) is 0 Å². The van der Waals surface area contributed by atoms with Gasteiger partial charge in [-0.25, -0.2) is 0 Å². The Morgan fingerprint density at radius 3 is 2.80 bits per heavy atom. The fraction of sp³-hybridized carbons (Fsp3) is 0.654. The summed E-state index contributed by atoms with van der Waals surface area (Å²) in [4.78, 5) is 3.64. The molecule has 3 saturated carbocycles. The molecule has 30 heavy (non-hydrogen) atoms. The standard InChI is InChI=1S/C26H34ClNO2/c1-24-12-13-25(27)16-20-15-22(29)8-5-19(20)10-11-26(25,30)23(24)9-7-21(24)6-4-18-3-2-14-28-17-18/h2-4,6-7,14,17,19-20,22-23,29-30H,5,8-13,15-16H2,1H3/b6-4+/t19?,20?,22?,23?,24?,25?,26-/m0/s1. The zero-order valence-corrected chi connectivity index (χ0v) is 18.7. The van der Waals surface area contributed by atoms with E-state index >= 15 is 0 Å². The highest BCUT2D eigenvalue weighted by molar-refractivity contribution is 6.25. The highest BCUT2D eigenvalue weighted by Crippen LogP contribution is 2.65. The normalized spacial score (nSPS) is 45.9. The number of aromatic nitrogens is 1. The van der Waals surface area contributed by atoms with Crippen LogP contribution in [-0.2, 0) is 0 Å². The number of aliphatic hydroxyl groups excluding tert-OH is 1. The van der Waals surface area contributed by atoms with Crippen LogP contribution in [0.2, 0.25) is 0 Å². The quantitative estimate of drug-likeness (QED) is 0.611. The summed E-state index contributed by atoms with van der Waals surface area (Å²) in [5, 5.41) is 22.5. The molecule has 0 bridgehead atoms. The first-order valence-corrected chi connectivity index (χ1v) is 12.1. The Morgan fingerprint density at radius 1 is 1.13 bits per heavy atom. The number of rotatable bonds is 2. The SMILES string of the molecule is CC12CCC3(Cl)CC4CC(O)CCC4CC[C@]3(O)C1CC=C2/C=C/c1cccnc1. The van der Waals surface area contributed by atoms with Crippen LogP contribution < -0.4 is 0 Å². The van der Waals surface area contributed by atoms with E-state index in [0.717, 1.165) is 63.4 Å². The minimum atomic E-state index is -0.843. The lowest BCUT2D eigenvalue weighted by atomic mass is 9.54. The minimum Gasteiger partial charge on any atom is -0.393 e. The lowest BCUT2D eigenvalue weighted by molar-refractivity contribution is -0.122. The summed E-state index contributed by atoms with van der Waals surface area (Å²) in [6, 6.07) is 4.03. The average Bonchev–Trinajstić information content (AvgIpc) is 3.02. The summed E-state index contributed by atoms with van der Waals surface area (Å²) in [7, 11) is 0.